The van der Waals surface area contributed by atoms with Gasteiger partial charge in [-0.15, -0.1) is 0 Å². The largest absolute Gasteiger partial charge is 0.357 e. The van der Waals surface area contributed by atoms with Crippen LogP contribution in [0, 0.1) is 13.8 Å². The Morgan fingerprint density at radius 2 is 1.94 bits per heavy atom. The number of aryl methyl sites for hydroxylation is 2. The van der Waals surface area contributed by atoms with Gasteiger partial charge in [0, 0.05) is 22.6 Å². The highest BCUT2D eigenvalue weighted by molar-refractivity contribution is 5.86. The summed E-state index contributed by atoms with van der Waals surface area (Å²) in [7, 11) is 0. The van der Waals surface area contributed by atoms with E-state index in [4.69, 9.17) is 0 Å². The molecular weight excluding hydrogens is 208 g/mol. The maximum atomic E-state index is 3.55. The highest BCUT2D eigenvalue weighted by Crippen LogP contribution is 2.25. The fraction of sp³-hybridized carbons (Fsp3) is 0.467. The first kappa shape index (κ1) is 12.2. The van der Waals surface area contributed by atoms with Crippen molar-refractivity contribution in [1.82, 2.24) is 10.3 Å². The lowest BCUT2D eigenvalue weighted by atomic mass is 10.1. The highest BCUT2D eigenvalue weighted by atomic mass is 14.9. The van der Waals surface area contributed by atoms with Gasteiger partial charge < -0.3 is 10.3 Å². The van der Waals surface area contributed by atoms with Gasteiger partial charge in [-0.1, -0.05) is 19.1 Å². The number of hydrogen-bond donors (Lipinski definition) is 2. The molecule has 1 unspecified atom stereocenters. The molecule has 2 N–H and O–H groups in total. The highest BCUT2D eigenvalue weighted by Gasteiger charge is 2.10. The van der Waals surface area contributed by atoms with Crippen LogP contribution in [0.2, 0.25) is 0 Å². The second-order valence-corrected chi connectivity index (χ2v) is 4.89. The van der Waals surface area contributed by atoms with Crippen molar-refractivity contribution in [3.8, 4) is 0 Å². The summed E-state index contributed by atoms with van der Waals surface area (Å²) >= 11 is 0. The van der Waals surface area contributed by atoms with Gasteiger partial charge in [0.15, 0.2) is 0 Å². The molecule has 0 spiro atoms. The molecule has 2 aromatic rings. The quantitative estimate of drug-likeness (QED) is 0.820. The van der Waals surface area contributed by atoms with Gasteiger partial charge in [0.25, 0.3) is 0 Å². The van der Waals surface area contributed by atoms with E-state index in [1.807, 2.05) is 0 Å². The van der Waals surface area contributed by atoms with Crippen molar-refractivity contribution in [1.29, 1.82) is 0 Å². The maximum absolute atomic E-state index is 3.55. The minimum absolute atomic E-state index is 0.390. The van der Waals surface area contributed by atoms with Crippen molar-refractivity contribution < 1.29 is 0 Å². The zero-order chi connectivity index (χ0) is 12.4. The van der Waals surface area contributed by atoms with Crippen LogP contribution in [-0.4, -0.2) is 11.5 Å². The Morgan fingerprint density at radius 3 is 2.59 bits per heavy atom. The molecule has 0 amide bonds. The zero-order valence-corrected chi connectivity index (χ0v) is 11.2. The van der Waals surface area contributed by atoms with Crippen molar-refractivity contribution in [2.24, 2.45) is 0 Å². The first-order chi connectivity index (χ1) is 8.13. The summed E-state index contributed by atoms with van der Waals surface area (Å²) in [6.45, 7) is 9.80. The summed E-state index contributed by atoms with van der Waals surface area (Å²) < 4.78 is 0. The first-order valence-electron chi connectivity index (χ1n) is 6.45. The SMILES string of the molecule is CCCNC(C)c1cc2c(C)ccc(C)c2[nH]1. The molecule has 2 heteroatoms. The molecule has 0 saturated carbocycles. The van der Waals surface area contributed by atoms with Gasteiger partial charge in [0.05, 0.1) is 0 Å². The van der Waals surface area contributed by atoms with E-state index in [2.05, 4.69) is 56.2 Å². The number of nitrogens with one attached hydrogen (secondary N) is 2. The topological polar surface area (TPSA) is 27.8 Å². The van der Waals surface area contributed by atoms with Crippen LogP contribution in [0.25, 0.3) is 10.9 Å². The number of fused-ring (bicyclic) bond motifs is 1. The van der Waals surface area contributed by atoms with E-state index in [9.17, 15) is 0 Å². The average molecular weight is 230 g/mol. The summed E-state index contributed by atoms with van der Waals surface area (Å²) in [5.41, 5.74) is 5.23. The van der Waals surface area contributed by atoms with Crippen molar-refractivity contribution in [2.75, 3.05) is 6.54 Å². The third-order valence-electron chi connectivity index (χ3n) is 3.41. The second kappa shape index (κ2) is 4.92. The van der Waals surface area contributed by atoms with Crippen LogP contribution in [0.4, 0.5) is 0 Å². The molecule has 0 fully saturated rings. The van der Waals surface area contributed by atoms with Crippen LogP contribution < -0.4 is 5.32 Å². The van der Waals surface area contributed by atoms with E-state index in [0.717, 1.165) is 6.54 Å². The van der Waals surface area contributed by atoms with Crippen LogP contribution in [0.3, 0.4) is 0 Å². The lowest BCUT2D eigenvalue weighted by Crippen LogP contribution is -2.19. The van der Waals surface area contributed by atoms with E-state index < -0.39 is 0 Å². The minimum Gasteiger partial charge on any atom is -0.357 e. The molecule has 17 heavy (non-hydrogen) atoms. The second-order valence-electron chi connectivity index (χ2n) is 4.89. The van der Waals surface area contributed by atoms with E-state index in [0.29, 0.717) is 6.04 Å². The van der Waals surface area contributed by atoms with Crippen LogP contribution in [0.1, 0.15) is 43.1 Å². The van der Waals surface area contributed by atoms with Crippen molar-refractivity contribution in [2.45, 2.75) is 40.2 Å². The average Bonchev–Trinajstić information content (AvgIpc) is 2.77. The van der Waals surface area contributed by atoms with Crippen molar-refractivity contribution >= 4 is 10.9 Å². The zero-order valence-electron chi connectivity index (χ0n) is 11.2. The number of hydrogen-bond acceptors (Lipinski definition) is 1. The van der Waals surface area contributed by atoms with Crippen LogP contribution in [0.5, 0.6) is 0 Å². The predicted molar refractivity (Wildman–Crippen MR) is 74.5 cm³/mol. The van der Waals surface area contributed by atoms with E-state index in [1.54, 1.807) is 0 Å². The monoisotopic (exact) mass is 230 g/mol. The third-order valence-corrected chi connectivity index (χ3v) is 3.41. The van der Waals surface area contributed by atoms with E-state index in [-0.39, 0.29) is 0 Å². The number of rotatable bonds is 4. The fourth-order valence-electron chi connectivity index (χ4n) is 2.22. The number of aromatic nitrogens is 1. The molecule has 2 nitrogen and oxygen atoms in total. The molecule has 0 saturated heterocycles. The molecule has 2 rings (SSSR count). The van der Waals surface area contributed by atoms with Gasteiger partial charge in [0.2, 0.25) is 0 Å². The van der Waals surface area contributed by atoms with Gasteiger partial charge in [-0.05, 0) is 50.9 Å². The summed E-state index contributed by atoms with van der Waals surface area (Å²) in [5, 5.41) is 4.87. The molecule has 1 heterocycles. The van der Waals surface area contributed by atoms with Crippen LogP contribution >= 0.6 is 0 Å². The molecule has 92 valence electrons. The Morgan fingerprint density at radius 1 is 1.24 bits per heavy atom. The summed E-state index contributed by atoms with van der Waals surface area (Å²) in [6, 6.07) is 7.05. The Bertz CT molecular complexity index is 472. The maximum Gasteiger partial charge on any atom is 0.0488 e. The number of H-pyrrole nitrogens is 1. The summed E-state index contributed by atoms with van der Waals surface area (Å²) in [5.74, 6) is 0. The van der Waals surface area contributed by atoms with Crippen LogP contribution in [0.15, 0.2) is 18.2 Å². The molecule has 1 atom stereocenters. The third kappa shape index (κ3) is 2.37. The number of benzene rings is 1. The molecular formula is C15H22N2. The summed E-state index contributed by atoms with van der Waals surface area (Å²) in [4.78, 5) is 3.55. The van der Waals surface area contributed by atoms with Crippen LogP contribution in [-0.2, 0) is 0 Å². The molecule has 0 bridgehead atoms. The smallest absolute Gasteiger partial charge is 0.0488 e. The Kier molecular flexibility index (Phi) is 3.53. The standard InChI is InChI=1S/C15H22N2/c1-5-8-16-12(4)14-9-13-10(2)6-7-11(3)15(13)17-14/h6-7,9,12,16-17H,5,8H2,1-4H3. The van der Waals surface area contributed by atoms with Gasteiger partial charge in [-0.25, -0.2) is 0 Å². The van der Waals surface area contributed by atoms with Gasteiger partial charge in [-0.2, -0.15) is 0 Å². The van der Waals surface area contributed by atoms with E-state index in [1.165, 1.54) is 34.1 Å². The normalized spacial score (nSPS) is 13.2. The fourth-order valence-corrected chi connectivity index (χ4v) is 2.22. The van der Waals surface area contributed by atoms with Crippen molar-refractivity contribution in [3.63, 3.8) is 0 Å². The minimum atomic E-state index is 0.390. The molecule has 0 aliphatic heterocycles. The lowest BCUT2D eigenvalue weighted by molar-refractivity contribution is 0.561. The number of aromatic amines is 1. The Hall–Kier alpha value is -1.28. The first-order valence-corrected chi connectivity index (χ1v) is 6.45. The predicted octanol–water partition coefficient (Wildman–Crippen LogP) is 3.85. The molecule has 0 aliphatic rings. The molecule has 0 aliphatic carbocycles. The van der Waals surface area contributed by atoms with Gasteiger partial charge in [0.1, 0.15) is 0 Å². The van der Waals surface area contributed by atoms with E-state index >= 15 is 0 Å². The Labute approximate surface area is 103 Å². The summed E-state index contributed by atoms with van der Waals surface area (Å²) in [6.07, 6.45) is 1.17. The van der Waals surface area contributed by atoms with Crippen molar-refractivity contribution in [3.05, 3.63) is 35.0 Å². The van der Waals surface area contributed by atoms with Gasteiger partial charge >= 0.3 is 0 Å². The molecule has 1 aromatic carbocycles. The van der Waals surface area contributed by atoms with Gasteiger partial charge in [-0.3, -0.25) is 0 Å². The molecule has 0 radical (unpaired) electrons. The Balaban J connectivity index is 2.37. The lowest BCUT2D eigenvalue weighted by Gasteiger charge is -2.10. The molecule has 1 aromatic heterocycles.